The Bertz CT molecular complexity index is 975. The maximum atomic E-state index is 13.3. The van der Waals surface area contributed by atoms with Crippen molar-refractivity contribution in [2.24, 2.45) is 4.40 Å². The van der Waals surface area contributed by atoms with Gasteiger partial charge in [-0.1, -0.05) is 0 Å². The lowest BCUT2D eigenvalue weighted by atomic mass is 9.97. The van der Waals surface area contributed by atoms with Crippen LogP contribution in [0.2, 0.25) is 0 Å². The van der Waals surface area contributed by atoms with Crippen LogP contribution in [0.1, 0.15) is 38.7 Å². The Labute approximate surface area is 164 Å². The van der Waals surface area contributed by atoms with Crippen molar-refractivity contribution in [3.8, 4) is 11.5 Å². The zero-order valence-corrected chi connectivity index (χ0v) is 16.9. The third kappa shape index (κ3) is 3.13. The number of piperidine rings is 1. The topological polar surface area (TPSA) is 88.5 Å². The molecule has 1 aromatic carbocycles. The van der Waals surface area contributed by atoms with Crippen molar-refractivity contribution in [3.05, 3.63) is 35.5 Å². The molecule has 3 aliphatic rings. The molecule has 0 saturated carbocycles. The number of likely N-dealkylation sites (N-methyl/N-ethyl adjacent to an activating group) is 1. The number of likely N-dealkylation sites (tertiary alicyclic amines) is 1. The molecule has 1 saturated heterocycles. The van der Waals surface area contributed by atoms with Crippen LogP contribution in [0, 0.1) is 0 Å². The largest absolute Gasteiger partial charge is 0.454 e. The highest BCUT2D eigenvalue weighted by atomic mass is 32.2. The monoisotopic (exact) mass is 405 g/mol. The highest BCUT2D eigenvalue weighted by Gasteiger charge is 2.37. The molecule has 1 fully saturated rings. The van der Waals surface area contributed by atoms with Gasteiger partial charge in [0.05, 0.1) is 5.71 Å². The van der Waals surface area contributed by atoms with Gasteiger partial charge in [-0.2, -0.15) is 8.42 Å². The van der Waals surface area contributed by atoms with Gasteiger partial charge in [-0.05, 0) is 57.4 Å². The predicted octanol–water partition coefficient (Wildman–Crippen LogP) is 2.07. The SMILES string of the molecule is CC1CCCC(C)N1C(=O)C1=CC(c2ccc3c(c2)OCO3)=NS(=O)(=O)N1C. The smallest absolute Gasteiger partial charge is 0.345 e. The second-order valence-electron chi connectivity index (χ2n) is 7.36. The summed E-state index contributed by atoms with van der Waals surface area (Å²) in [5.41, 5.74) is 0.853. The van der Waals surface area contributed by atoms with Gasteiger partial charge in [0, 0.05) is 24.7 Å². The van der Waals surface area contributed by atoms with Gasteiger partial charge in [0.15, 0.2) is 11.5 Å². The first-order chi connectivity index (χ1) is 13.3. The van der Waals surface area contributed by atoms with E-state index in [1.165, 1.54) is 13.1 Å². The summed E-state index contributed by atoms with van der Waals surface area (Å²) in [6.07, 6.45) is 4.41. The van der Waals surface area contributed by atoms with E-state index in [4.69, 9.17) is 9.47 Å². The quantitative estimate of drug-likeness (QED) is 0.752. The Morgan fingerprint density at radius 2 is 1.82 bits per heavy atom. The molecule has 2 unspecified atom stereocenters. The molecule has 1 aromatic rings. The van der Waals surface area contributed by atoms with Crippen molar-refractivity contribution in [2.45, 2.75) is 45.2 Å². The Morgan fingerprint density at radius 3 is 2.54 bits per heavy atom. The van der Waals surface area contributed by atoms with Gasteiger partial charge in [-0.25, -0.2) is 4.31 Å². The number of carbonyl (C=O) groups excluding carboxylic acids is 1. The summed E-state index contributed by atoms with van der Waals surface area (Å²) >= 11 is 0. The highest BCUT2D eigenvalue weighted by molar-refractivity contribution is 7.88. The number of amides is 1. The van der Waals surface area contributed by atoms with Crippen molar-refractivity contribution < 1.29 is 22.7 Å². The van der Waals surface area contributed by atoms with Gasteiger partial charge >= 0.3 is 10.2 Å². The fourth-order valence-electron chi connectivity index (χ4n) is 3.90. The van der Waals surface area contributed by atoms with Gasteiger partial charge in [0.2, 0.25) is 6.79 Å². The zero-order chi connectivity index (χ0) is 20.1. The van der Waals surface area contributed by atoms with Gasteiger partial charge in [0.25, 0.3) is 5.91 Å². The fraction of sp³-hybridized carbons (Fsp3) is 0.474. The number of allylic oxidation sites excluding steroid dienone is 1. The van der Waals surface area contributed by atoms with Crippen LogP contribution in [0.3, 0.4) is 0 Å². The van der Waals surface area contributed by atoms with Crippen molar-refractivity contribution >= 4 is 21.8 Å². The molecule has 4 rings (SSSR count). The highest BCUT2D eigenvalue weighted by Crippen LogP contribution is 2.34. The summed E-state index contributed by atoms with van der Waals surface area (Å²) in [7, 11) is -2.65. The first kappa shape index (κ1) is 18.8. The number of hydrogen-bond donors (Lipinski definition) is 0. The number of rotatable bonds is 2. The van der Waals surface area contributed by atoms with Crippen LogP contribution in [-0.4, -0.2) is 55.2 Å². The van der Waals surface area contributed by atoms with E-state index in [1.807, 2.05) is 13.8 Å². The summed E-state index contributed by atoms with van der Waals surface area (Å²) in [4.78, 5) is 15.1. The van der Waals surface area contributed by atoms with E-state index in [-0.39, 0.29) is 36.2 Å². The number of carbonyl (C=O) groups is 1. The minimum atomic E-state index is -4.01. The lowest BCUT2D eigenvalue weighted by Crippen LogP contribution is -2.50. The van der Waals surface area contributed by atoms with Gasteiger partial charge in [-0.3, -0.25) is 4.79 Å². The third-order valence-electron chi connectivity index (χ3n) is 5.49. The van der Waals surface area contributed by atoms with Gasteiger partial charge < -0.3 is 14.4 Å². The summed E-state index contributed by atoms with van der Waals surface area (Å²) in [5, 5.41) is 0. The molecule has 150 valence electrons. The van der Waals surface area contributed by atoms with Crippen LogP contribution in [0.4, 0.5) is 0 Å². The molecule has 0 aliphatic carbocycles. The number of ether oxygens (including phenoxy) is 2. The molecule has 0 spiro atoms. The lowest BCUT2D eigenvalue weighted by molar-refractivity contribution is -0.134. The predicted molar refractivity (Wildman–Crippen MR) is 103 cm³/mol. The minimum absolute atomic E-state index is 0.0566. The Morgan fingerprint density at radius 1 is 1.14 bits per heavy atom. The van der Waals surface area contributed by atoms with Crippen LogP contribution in [0.25, 0.3) is 0 Å². The molecule has 0 radical (unpaired) electrons. The number of nitrogens with zero attached hydrogens (tertiary/aromatic N) is 3. The Kier molecular flexibility index (Phi) is 4.57. The maximum absolute atomic E-state index is 13.3. The van der Waals surface area contributed by atoms with Gasteiger partial charge in [0.1, 0.15) is 5.70 Å². The summed E-state index contributed by atoms with van der Waals surface area (Å²) in [5.74, 6) is 0.825. The number of fused-ring (bicyclic) bond motifs is 1. The summed E-state index contributed by atoms with van der Waals surface area (Å²) in [6.45, 7) is 4.12. The van der Waals surface area contributed by atoms with E-state index < -0.39 is 10.2 Å². The molecule has 0 aromatic heterocycles. The van der Waals surface area contributed by atoms with Crippen LogP contribution in [0.5, 0.6) is 11.5 Å². The number of benzene rings is 1. The van der Waals surface area contributed by atoms with E-state index in [1.54, 1.807) is 23.1 Å². The first-order valence-electron chi connectivity index (χ1n) is 9.31. The van der Waals surface area contributed by atoms with Crippen molar-refractivity contribution in [1.82, 2.24) is 9.21 Å². The molecule has 3 aliphatic heterocycles. The van der Waals surface area contributed by atoms with Crippen molar-refractivity contribution in [3.63, 3.8) is 0 Å². The molecular formula is C19H23N3O5S. The molecule has 0 bridgehead atoms. The van der Waals surface area contributed by atoms with E-state index in [2.05, 4.69) is 4.40 Å². The third-order valence-corrected chi connectivity index (χ3v) is 6.80. The van der Waals surface area contributed by atoms with E-state index in [0.717, 1.165) is 23.6 Å². The van der Waals surface area contributed by atoms with Crippen molar-refractivity contribution in [1.29, 1.82) is 0 Å². The van der Waals surface area contributed by atoms with Crippen LogP contribution < -0.4 is 9.47 Å². The average Bonchev–Trinajstić information content (AvgIpc) is 3.11. The van der Waals surface area contributed by atoms with E-state index >= 15 is 0 Å². The molecule has 8 nitrogen and oxygen atoms in total. The van der Waals surface area contributed by atoms with Crippen LogP contribution >= 0.6 is 0 Å². The first-order valence-corrected chi connectivity index (χ1v) is 10.7. The molecule has 0 N–H and O–H groups in total. The van der Waals surface area contributed by atoms with Gasteiger partial charge in [-0.15, -0.1) is 4.40 Å². The average molecular weight is 405 g/mol. The van der Waals surface area contributed by atoms with E-state index in [0.29, 0.717) is 17.1 Å². The summed E-state index contributed by atoms with van der Waals surface area (Å²) in [6, 6.07) is 5.20. The molecule has 9 heteroatoms. The molecular weight excluding hydrogens is 382 g/mol. The molecule has 3 heterocycles. The molecule has 1 amide bonds. The molecule has 28 heavy (non-hydrogen) atoms. The van der Waals surface area contributed by atoms with E-state index in [9.17, 15) is 13.2 Å². The normalized spacial score (nSPS) is 26.0. The van der Waals surface area contributed by atoms with Crippen LogP contribution in [-0.2, 0) is 15.0 Å². The maximum Gasteiger partial charge on any atom is 0.345 e. The standard InChI is InChI=1S/C19H23N3O5S/c1-12-5-4-6-13(2)22(12)19(23)16-10-15(20-28(24,25)21(16)3)14-7-8-17-18(9-14)27-11-26-17/h7-10,12-13H,4-6,11H2,1-3H3. The minimum Gasteiger partial charge on any atom is -0.454 e. The Balaban J connectivity index is 1.74. The molecule has 2 atom stereocenters. The zero-order valence-electron chi connectivity index (χ0n) is 16.1. The summed E-state index contributed by atoms with van der Waals surface area (Å²) < 4.78 is 40.8. The van der Waals surface area contributed by atoms with Crippen LogP contribution in [0.15, 0.2) is 34.4 Å². The van der Waals surface area contributed by atoms with Crippen molar-refractivity contribution in [2.75, 3.05) is 13.8 Å². The Hall–Kier alpha value is -2.55. The second-order valence-corrected chi connectivity index (χ2v) is 8.99. The number of hydrogen-bond acceptors (Lipinski definition) is 5. The fourth-order valence-corrected chi connectivity index (χ4v) is 4.81. The lowest BCUT2D eigenvalue weighted by Gasteiger charge is -2.40. The second kappa shape index (κ2) is 6.80.